The van der Waals surface area contributed by atoms with E-state index in [0.29, 0.717) is 5.92 Å². The molecular formula is C25H43N5O. The fourth-order valence-corrected chi connectivity index (χ4v) is 5.94. The molecule has 3 heterocycles. The number of piperidine rings is 2. The summed E-state index contributed by atoms with van der Waals surface area (Å²) >= 11 is 0. The summed E-state index contributed by atoms with van der Waals surface area (Å²) in [6, 6.07) is 2.80. The van der Waals surface area contributed by atoms with Gasteiger partial charge in [-0.2, -0.15) is 5.10 Å². The third kappa shape index (κ3) is 5.89. The lowest BCUT2D eigenvalue weighted by atomic mass is 9.95. The summed E-state index contributed by atoms with van der Waals surface area (Å²) in [6.45, 7) is 9.63. The first kappa shape index (κ1) is 22.8. The zero-order valence-corrected chi connectivity index (χ0v) is 19.9. The van der Waals surface area contributed by atoms with Gasteiger partial charge in [-0.1, -0.05) is 26.2 Å². The summed E-state index contributed by atoms with van der Waals surface area (Å²) in [5, 5.41) is 4.54. The molecule has 0 unspecified atom stereocenters. The van der Waals surface area contributed by atoms with Crippen LogP contribution in [0.2, 0.25) is 0 Å². The van der Waals surface area contributed by atoms with Crippen LogP contribution in [-0.2, 0) is 13.5 Å². The van der Waals surface area contributed by atoms with Gasteiger partial charge < -0.3 is 14.7 Å². The first-order valence-corrected chi connectivity index (χ1v) is 12.9. The van der Waals surface area contributed by atoms with Crippen LogP contribution >= 0.6 is 0 Å². The smallest absolute Gasteiger partial charge is 0.272 e. The van der Waals surface area contributed by atoms with Gasteiger partial charge in [-0.05, 0) is 76.6 Å². The Morgan fingerprint density at radius 3 is 2.55 bits per heavy atom. The molecule has 2 saturated heterocycles. The number of hydrogen-bond donors (Lipinski definition) is 0. The number of carbonyl (C=O) groups is 1. The lowest BCUT2D eigenvalue weighted by Gasteiger charge is -2.39. The monoisotopic (exact) mass is 429 g/mol. The van der Waals surface area contributed by atoms with Crippen LogP contribution in [-0.4, -0.2) is 82.2 Å². The highest BCUT2D eigenvalue weighted by Gasteiger charge is 2.30. The molecule has 0 bridgehead atoms. The minimum absolute atomic E-state index is 0.171. The molecule has 1 aromatic heterocycles. The first-order chi connectivity index (χ1) is 15.1. The average Bonchev–Trinajstić information content (AvgIpc) is 3.47. The van der Waals surface area contributed by atoms with Crippen LogP contribution in [0.15, 0.2) is 6.07 Å². The normalized spacial score (nSPS) is 24.0. The van der Waals surface area contributed by atoms with Crippen molar-refractivity contribution in [3.05, 3.63) is 17.5 Å². The molecule has 6 nitrogen and oxygen atoms in total. The average molecular weight is 430 g/mol. The maximum Gasteiger partial charge on any atom is 0.272 e. The van der Waals surface area contributed by atoms with E-state index < -0.39 is 0 Å². The largest absolute Gasteiger partial charge is 0.336 e. The molecule has 1 atom stereocenters. The highest BCUT2D eigenvalue weighted by atomic mass is 16.2. The summed E-state index contributed by atoms with van der Waals surface area (Å²) in [6.07, 6.45) is 12.9. The predicted molar refractivity (Wildman–Crippen MR) is 125 cm³/mol. The van der Waals surface area contributed by atoms with Crippen LogP contribution in [0.4, 0.5) is 0 Å². The third-order valence-corrected chi connectivity index (χ3v) is 7.80. The summed E-state index contributed by atoms with van der Waals surface area (Å²) in [7, 11) is 1.91. The van der Waals surface area contributed by atoms with Crippen molar-refractivity contribution in [2.75, 3.05) is 45.8 Å². The standard InChI is InChI=1S/C25H43N5O/c1-3-22-18-24(27(2)26-22)25(31)30(17-16-28-13-7-4-8-14-28)20-21-10-9-15-29(19-21)23-11-5-6-12-23/h18,21,23H,3-17,19-20H2,1-2H3/t21-/m0/s1. The summed E-state index contributed by atoms with van der Waals surface area (Å²) in [4.78, 5) is 21.1. The van der Waals surface area contributed by atoms with Gasteiger partial charge in [0.2, 0.25) is 0 Å². The van der Waals surface area contributed by atoms with Gasteiger partial charge in [0, 0.05) is 39.3 Å². The predicted octanol–water partition coefficient (Wildman–Crippen LogP) is 3.57. The van der Waals surface area contributed by atoms with Gasteiger partial charge in [-0.15, -0.1) is 0 Å². The van der Waals surface area contributed by atoms with Crippen LogP contribution in [0.3, 0.4) is 0 Å². The van der Waals surface area contributed by atoms with Crippen LogP contribution in [0.5, 0.6) is 0 Å². The quantitative estimate of drug-likeness (QED) is 0.634. The van der Waals surface area contributed by atoms with Gasteiger partial charge in [0.05, 0.1) is 5.69 Å². The summed E-state index contributed by atoms with van der Waals surface area (Å²) < 4.78 is 1.79. The van der Waals surface area contributed by atoms with Crippen LogP contribution < -0.4 is 0 Å². The molecule has 174 valence electrons. The second-order valence-electron chi connectivity index (χ2n) is 10.1. The SMILES string of the molecule is CCc1cc(C(=O)N(CCN2CCCCC2)C[C@H]2CCCN(C3CCCC3)C2)n(C)n1. The molecule has 3 aliphatic rings. The highest BCUT2D eigenvalue weighted by Crippen LogP contribution is 2.28. The second-order valence-corrected chi connectivity index (χ2v) is 10.1. The molecule has 1 amide bonds. The van der Waals surface area contributed by atoms with E-state index in [9.17, 15) is 4.79 Å². The molecule has 0 N–H and O–H groups in total. The van der Waals surface area contributed by atoms with Gasteiger partial charge in [-0.25, -0.2) is 0 Å². The summed E-state index contributed by atoms with van der Waals surface area (Å²) in [5.74, 6) is 0.767. The fraction of sp³-hybridized carbons (Fsp3) is 0.840. The van der Waals surface area contributed by atoms with Gasteiger partial charge in [0.15, 0.2) is 0 Å². The number of hydrogen-bond acceptors (Lipinski definition) is 4. The topological polar surface area (TPSA) is 44.6 Å². The fourth-order valence-electron chi connectivity index (χ4n) is 5.94. The minimum atomic E-state index is 0.171. The Morgan fingerprint density at radius 2 is 1.84 bits per heavy atom. The van der Waals surface area contributed by atoms with Gasteiger partial charge in [0.1, 0.15) is 5.69 Å². The Labute approximate surface area is 188 Å². The minimum Gasteiger partial charge on any atom is -0.336 e. The number of likely N-dealkylation sites (tertiary alicyclic amines) is 2. The zero-order valence-electron chi connectivity index (χ0n) is 19.9. The molecule has 0 radical (unpaired) electrons. The van der Waals surface area contributed by atoms with Crippen LogP contribution in [0.25, 0.3) is 0 Å². The molecule has 3 fully saturated rings. The maximum absolute atomic E-state index is 13.6. The Hall–Kier alpha value is -1.40. The first-order valence-electron chi connectivity index (χ1n) is 12.9. The molecule has 0 aromatic carbocycles. The van der Waals surface area contributed by atoms with E-state index in [1.165, 1.54) is 84.0 Å². The van der Waals surface area contributed by atoms with E-state index in [1.807, 2.05) is 13.1 Å². The van der Waals surface area contributed by atoms with Gasteiger partial charge in [-0.3, -0.25) is 9.48 Å². The molecule has 2 aliphatic heterocycles. The number of aromatic nitrogens is 2. The lowest BCUT2D eigenvalue weighted by molar-refractivity contribution is 0.0600. The van der Waals surface area contributed by atoms with Crippen LogP contribution in [0.1, 0.15) is 80.9 Å². The molecule has 1 aromatic rings. The van der Waals surface area contributed by atoms with Crippen molar-refractivity contribution in [1.82, 2.24) is 24.5 Å². The van der Waals surface area contributed by atoms with Gasteiger partial charge >= 0.3 is 0 Å². The molecular weight excluding hydrogens is 386 g/mol. The van der Waals surface area contributed by atoms with Gasteiger partial charge in [0.25, 0.3) is 5.91 Å². The van der Waals surface area contributed by atoms with Crippen molar-refractivity contribution in [1.29, 1.82) is 0 Å². The number of rotatable bonds is 8. The molecule has 6 heteroatoms. The number of nitrogens with zero attached hydrogens (tertiary/aromatic N) is 5. The van der Waals surface area contributed by atoms with E-state index in [2.05, 4.69) is 26.7 Å². The molecule has 0 spiro atoms. The Balaban J connectivity index is 1.43. The van der Waals surface area contributed by atoms with Crippen LogP contribution in [0, 0.1) is 5.92 Å². The van der Waals surface area contributed by atoms with E-state index >= 15 is 0 Å². The van der Waals surface area contributed by atoms with Crippen molar-refractivity contribution in [2.24, 2.45) is 13.0 Å². The highest BCUT2D eigenvalue weighted by molar-refractivity contribution is 5.92. The van der Waals surface area contributed by atoms with E-state index in [-0.39, 0.29) is 5.91 Å². The van der Waals surface area contributed by atoms with Crippen molar-refractivity contribution in [3.63, 3.8) is 0 Å². The molecule has 31 heavy (non-hydrogen) atoms. The summed E-state index contributed by atoms with van der Waals surface area (Å²) in [5.41, 5.74) is 1.76. The van der Waals surface area contributed by atoms with Crippen molar-refractivity contribution >= 4 is 5.91 Å². The van der Waals surface area contributed by atoms with E-state index in [1.54, 1.807) is 4.68 Å². The molecule has 1 saturated carbocycles. The zero-order chi connectivity index (χ0) is 21.6. The van der Waals surface area contributed by atoms with E-state index in [0.717, 1.165) is 43.5 Å². The van der Waals surface area contributed by atoms with E-state index in [4.69, 9.17) is 0 Å². The second kappa shape index (κ2) is 11.0. The Morgan fingerprint density at radius 1 is 1.06 bits per heavy atom. The van der Waals surface area contributed by atoms with Crippen molar-refractivity contribution in [3.8, 4) is 0 Å². The number of carbonyl (C=O) groups excluding carboxylic acids is 1. The number of amides is 1. The Bertz CT molecular complexity index is 705. The molecule has 4 rings (SSSR count). The van der Waals surface area contributed by atoms with Crippen molar-refractivity contribution < 1.29 is 4.79 Å². The molecule has 1 aliphatic carbocycles. The maximum atomic E-state index is 13.6. The Kier molecular flexibility index (Phi) is 8.05. The van der Waals surface area contributed by atoms with Crippen molar-refractivity contribution in [2.45, 2.75) is 77.2 Å². The number of aryl methyl sites for hydroxylation is 2. The lowest BCUT2D eigenvalue weighted by Crippen LogP contribution is -2.48. The third-order valence-electron chi connectivity index (χ3n) is 7.80.